The van der Waals surface area contributed by atoms with Gasteiger partial charge in [-0.05, 0) is 120 Å². The Kier molecular flexibility index (Phi) is 17.3. The summed E-state index contributed by atoms with van der Waals surface area (Å²) in [6.45, 7) is 0. The zero-order valence-electron chi connectivity index (χ0n) is 45.4. The van der Waals surface area contributed by atoms with Crippen LogP contribution in [0.1, 0.15) is 11.1 Å². The summed E-state index contributed by atoms with van der Waals surface area (Å²) in [6.07, 6.45) is 2.21. The van der Waals surface area contributed by atoms with E-state index < -0.39 is 102 Å². The molecule has 0 aliphatic heterocycles. The van der Waals surface area contributed by atoms with Gasteiger partial charge in [0.1, 0.15) is 29.4 Å². The molecule has 0 atom stereocenters. The molecule has 10 aromatic rings. The molecule has 2 heterocycles. The molecule has 34 nitrogen and oxygen atoms in total. The van der Waals surface area contributed by atoms with Crippen LogP contribution in [0.25, 0.3) is 33.7 Å². The molecule has 0 radical (unpaired) electrons. The minimum atomic E-state index is -5.05. The fourth-order valence-electron chi connectivity index (χ4n) is 8.66. The first-order valence-electron chi connectivity index (χ1n) is 25.1. The van der Waals surface area contributed by atoms with Crippen LogP contribution in [0.4, 0.5) is 69.3 Å². The normalized spacial score (nSPS) is 12.7. The SMILES string of the molecule is O=S(=O)(O)c1cc(Nc2nc(O)nc(Nc3ccc(N=Nc4cc(S(=O)(=O)O)c5cccc(S(=O)(=O)O)c5c4)cc3)n2)ccc1/C=C/c1ccc(Nc2nc(O)nc(Nc3ccc(N=Nc4cc(S(=O)(=O)O)c5cccc(S(=O)(=O)O)c5c4)cc3)n2)cc1S(=O)(=O)O. The number of benzene rings is 8. The highest BCUT2D eigenvalue weighted by molar-refractivity contribution is 7.87. The van der Waals surface area contributed by atoms with Gasteiger partial charge >= 0.3 is 12.0 Å². The van der Waals surface area contributed by atoms with Gasteiger partial charge in [0, 0.05) is 44.3 Å². The molecule has 0 saturated carbocycles. The van der Waals surface area contributed by atoms with Gasteiger partial charge < -0.3 is 31.5 Å². The van der Waals surface area contributed by atoms with Gasteiger partial charge in [0.2, 0.25) is 23.8 Å². The lowest BCUT2D eigenvalue weighted by molar-refractivity contribution is 0.429. The number of rotatable bonds is 20. The predicted octanol–water partition coefficient (Wildman–Crippen LogP) is 9.23. The van der Waals surface area contributed by atoms with Gasteiger partial charge in [-0.1, -0.05) is 48.6 Å². The monoisotopic (exact) mass is 1370 g/mol. The summed E-state index contributed by atoms with van der Waals surface area (Å²) in [5.41, 5.74) is -0.0401. The van der Waals surface area contributed by atoms with Crippen LogP contribution in [-0.2, 0) is 60.7 Å². The van der Waals surface area contributed by atoms with Crippen molar-refractivity contribution in [3.8, 4) is 12.0 Å². The minimum absolute atomic E-state index is 0.0663. The zero-order chi connectivity index (χ0) is 66.3. The van der Waals surface area contributed by atoms with Crippen molar-refractivity contribution in [1.29, 1.82) is 0 Å². The number of nitrogens with one attached hydrogen (secondary N) is 4. The molecule has 0 bridgehead atoms. The van der Waals surface area contributed by atoms with Crippen LogP contribution in [0.15, 0.2) is 195 Å². The fraction of sp³-hybridized carbons (Fsp3) is 0. The van der Waals surface area contributed by atoms with E-state index in [0.717, 1.165) is 60.7 Å². The second kappa shape index (κ2) is 24.7. The third-order valence-electron chi connectivity index (χ3n) is 12.5. The van der Waals surface area contributed by atoms with E-state index in [0.29, 0.717) is 11.4 Å². The van der Waals surface area contributed by atoms with Gasteiger partial charge in [0.25, 0.3) is 60.7 Å². The van der Waals surface area contributed by atoms with Gasteiger partial charge in [-0.15, -0.1) is 0 Å². The van der Waals surface area contributed by atoms with Crippen LogP contribution in [0.2, 0.25) is 0 Å². The molecule has 92 heavy (non-hydrogen) atoms. The van der Waals surface area contributed by atoms with Crippen LogP contribution in [0.5, 0.6) is 12.0 Å². The van der Waals surface area contributed by atoms with Crippen molar-refractivity contribution in [3.05, 3.63) is 157 Å². The lowest BCUT2D eigenvalue weighted by atomic mass is 10.1. The number of anilines is 8. The molecule has 12 N–H and O–H groups in total. The smallest absolute Gasteiger partial charge is 0.320 e. The highest BCUT2D eigenvalue weighted by atomic mass is 32.2. The van der Waals surface area contributed by atoms with Crippen LogP contribution in [0.3, 0.4) is 0 Å². The van der Waals surface area contributed by atoms with E-state index >= 15 is 0 Å². The molecule has 0 amide bonds. The highest BCUT2D eigenvalue weighted by Crippen LogP contribution is 2.37. The number of hydrogen-bond acceptors (Lipinski definition) is 28. The molecule has 2 aromatic heterocycles. The first-order chi connectivity index (χ1) is 43.1. The first-order valence-corrected chi connectivity index (χ1v) is 33.7. The zero-order valence-corrected chi connectivity index (χ0v) is 50.3. The average molecular weight is 1370 g/mol. The second-order valence-electron chi connectivity index (χ2n) is 18.8. The minimum Gasteiger partial charge on any atom is -0.479 e. The topological polar surface area (TPSA) is 542 Å². The van der Waals surface area contributed by atoms with Crippen LogP contribution >= 0.6 is 0 Å². The van der Waals surface area contributed by atoms with E-state index in [1.54, 1.807) is 0 Å². The largest absolute Gasteiger partial charge is 0.479 e. The summed E-state index contributed by atoms with van der Waals surface area (Å²) < 4.78 is 208. The van der Waals surface area contributed by atoms with E-state index in [2.05, 4.69) is 71.6 Å². The van der Waals surface area contributed by atoms with Crippen molar-refractivity contribution >= 4 is 164 Å². The van der Waals surface area contributed by atoms with Crippen molar-refractivity contribution in [2.75, 3.05) is 21.3 Å². The summed E-state index contributed by atoms with van der Waals surface area (Å²) in [5, 5.41) is 46.7. The standard InChI is InChI=1S/C52H38N14O20S6/c67-51-59-47(53-29-13-17-31(18-14-29)63-65-35-21-39-37(45(25-35)91(81,82)83)3-1-5-41(39)87(69,70)71)57-49(61-51)55-33-11-9-27(43(23-33)89(75,76)77)7-8-28-10-12-34(24-44(28)90(78,79)80)56-50-58-48(60-52(68)62-50)54-30-15-19-32(20-16-30)64-66-36-22-40-38(46(26-36)92(84,85)86)4-2-6-42(40)88(72,73)74/h1-26H,(H,69,70,71)(H,72,73,74)(H,75,76,77)(H,78,79,80)(H,81,82,83)(H,84,85,86)(H3,53,55,57,59,61,67)(H3,54,56,58,60,62,68)/b8-7+,65-63?,66-64?. The summed E-state index contributed by atoms with van der Waals surface area (Å²) in [4.78, 5) is 19.4. The molecule has 40 heteroatoms. The van der Waals surface area contributed by atoms with Crippen molar-refractivity contribution in [3.63, 3.8) is 0 Å². The third-order valence-corrected chi connectivity index (χ3v) is 17.9. The molecular weight excluding hydrogens is 1330 g/mol. The molecule has 0 spiro atoms. The van der Waals surface area contributed by atoms with Crippen LogP contribution in [0, 0.1) is 0 Å². The number of aromatic hydroxyl groups is 2. The Bertz CT molecular complexity index is 5160. The summed E-state index contributed by atoms with van der Waals surface area (Å²) in [7, 11) is -29.6. The van der Waals surface area contributed by atoms with Crippen molar-refractivity contribution < 1.29 is 88.0 Å². The number of nitrogens with zero attached hydrogens (tertiary/aromatic N) is 10. The molecule has 10 rings (SSSR count). The Morgan fingerprint density at radius 2 is 0.587 bits per heavy atom. The van der Waals surface area contributed by atoms with Gasteiger partial charge in [-0.2, -0.15) is 101 Å². The highest BCUT2D eigenvalue weighted by Gasteiger charge is 2.25. The molecule has 0 aliphatic rings. The molecule has 0 aliphatic carbocycles. The predicted molar refractivity (Wildman–Crippen MR) is 326 cm³/mol. The number of hydrogen-bond donors (Lipinski definition) is 12. The van der Waals surface area contributed by atoms with Crippen molar-refractivity contribution in [2.24, 2.45) is 20.5 Å². The van der Waals surface area contributed by atoms with Gasteiger partial charge in [-0.3, -0.25) is 27.3 Å². The number of azo groups is 2. The fourth-order valence-corrected chi connectivity index (χ4v) is 12.9. The van der Waals surface area contributed by atoms with E-state index in [4.69, 9.17) is 0 Å². The van der Waals surface area contributed by atoms with Gasteiger partial charge in [0.15, 0.2) is 0 Å². The third kappa shape index (κ3) is 15.4. The lowest BCUT2D eigenvalue weighted by Gasteiger charge is -2.11. The number of aromatic nitrogens is 6. The first kappa shape index (κ1) is 64.5. The van der Waals surface area contributed by atoms with E-state index in [-0.39, 0.29) is 90.6 Å². The maximum absolute atomic E-state index is 12.7. The molecular formula is C52H38N14O20S6. The molecule has 0 unspecified atom stereocenters. The average Bonchev–Trinajstić information content (AvgIpc) is 0.781. The van der Waals surface area contributed by atoms with E-state index in [1.807, 2.05) is 0 Å². The molecule has 0 saturated heterocycles. The lowest BCUT2D eigenvalue weighted by Crippen LogP contribution is -2.06. The van der Waals surface area contributed by atoms with E-state index in [9.17, 15) is 88.0 Å². The number of fused-ring (bicyclic) bond motifs is 2. The summed E-state index contributed by atoms with van der Waals surface area (Å²) in [5.74, 6) is -1.20. The Balaban J connectivity index is 0.810. The Hall–Kier alpha value is -10.5. The second-order valence-corrected chi connectivity index (χ2v) is 27.2. The quantitative estimate of drug-likeness (QED) is 0.0192. The van der Waals surface area contributed by atoms with Crippen molar-refractivity contribution in [1.82, 2.24) is 29.9 Å². The van der Waals surface area contributed by atoms with Crippen LogP contribution in [-0.4, -0.2) is 118 Å². The Morgan fingerprint density at radius 3 is 0.902 bits per heavy atom. The maximum Gasteiger partial charge on any atom is 0.320 e. The van der Waals surface area contributed by atoms with Gasteiger partial charge in [-0.25, -0.2) is 0 Å². The molecule has 0 fully saturated rings. The van der Waals surface area contributed by atoms with Crippen LogP contribution < -0.4 is 21.3 Å². The van der Waals surface area contributed by atoms with Gasteiger partial charge in [0.05, 0.1) is 22.7 Å². The summed E-state index contributed by atoms with van der Waals surface area (Å²) in [6, 6.07) is 27.7. The Morgan fingerprint density at radius 1 is 0.293 bits per heavy atom. The van der Waals surface area contributed by atoms with E-state index in [1.165, 1.54) is 97.1 Å². The Labute approximate surface area is 518 Å². The molecule has 8 aromatic carbocycles. The molecule has 472 valence electrons. The maximum atomic E-state index is 12.7. The van der Waals surface area contributed by atoms with Crippen molar-refractivity contribution in [2.45, 2.75) is 29.4 Å². The summed E-state index contributed by atoms with van der Waals surface area (Å²) >= 11 is 0.